The van der Waals surface area contributed by atoms with Gasteiger partial charge in [-0.2, -0.15) is 0 Å². The molecule has 0 bridgehead atoms. The first-order valence-corrected chi connectivity index (χ1v) is 3.22. The SMILES string of the molecule is c1cnc2c(c1)NCOC2. The maximum Gasteiger partial charge on any atom is 0.117 e. The fourth-order valence-corrected chi connectivity index (χ4v) is 0.990. The molecule has 0 unspecified atom stereocenters. The Bertz CT molecular complexity index is 212. The average Bonchev–Trinajstić information content (AvgIpc) is 2.05. The van der Waals surface area contributed by atoms with Crippen LogP contribution in [-0.2, 0) is 11.3 Å². The first kappa shape index (κ1) is 5.68. The van der Waals surface area contributed by atoms with Crippen molar-refractivity contribution in [3.63, 3.8) is 0 Å². The van der Waals surface area contributed by atoms with Crippen molar-refractivity contribution in [2.24, 2.45) is 0 Å². The summed E-state index contributed by atoms with van der Waals surface area (Å²) in [7, 11) is 0. The van der Waals surface area contributed by atoms with Crippen LogP contribution in [0.2, 0.25) is 0 Å². The van der Waals surface area contributed by atoms with Crippen LogP contribution < -0.4 is 5.32 Å². The van der Waals surface area contributed by atoms with E-state index in [1.54, 1.807) is 6.20 Å². The lowest BCUT2D eigenvalue weighted by Crippen LogP contribution is -2.15. The summed E-state index contributed by atoms with van der Waals surface area (Å²) in [6.07, 6.45) is 1.77. The highest BCUT2D eigenvalue weighted by molar-refractivity contribution is 5.47. The number of hydrogen-bond acceptors (Lipinski definition) is 3. The lowest BCUT2D eigenvalue weighted by molar-refractivity contribution is 0.127. The topological polar surface area (TPSA) is 34.2 Å². The van der Waals surface area contributed by atoms with E-state index >= 15 is 0 Å². The Labute approximate surface area is 59.0 Å². The molecule has 0 spiro atoms. The Morgan fingerprint density at radius 1 is 1.60 bits per heavy atom. The van der Waals surface area contributed by atoms with Crippen molar-refractivity contribution in [1.29, 1.82) is 0 Å². The lowest BCUT2D eigenvalue weighted by Gasteiger charge is -2.16. The van der Waals surface area contributed by atoms with Crippen LogP contribution in [0.15, 0.2) is 18.3 Å². The van der Waals surface area contributed by atoms with Gasteiger partial charge >= 0.3 is 0 Å². The predicted octanol–water partition coefficient (Wildman–Crippen LogP) is 0.981. The molecule has 1 aromatic rings. The van der Waals surface area contributed by atoms with Gasteiger partial charge in [0.25, 0.3) is 0 Å². The third-order valence-corrected chi connectivity index (χ3v) is 1.49. The minimum Gasteiger partial charge on any atom is -0.361 e. The molecule has 2 heterocycles. The number of nitrogens with zero attached hydrogens (tertiary/aromatic N) is 1. The van der Waals surface area contributed by atoms with Gasteiger partial charge < -0.3 is 10.1 Å². The molecule has 1 aliphatic heterocycles. The fraction of sp³-hybridized carbons (Fsp3) is 0.286. The molecule has 0 aliphatic carbocycles. The highest BCUT2D eigenvalue weighted by Gasteiger charge is 2.06. The summed E-state index contributed by atoms with van der Waals surface area (Å²) < 4.78 is 5.12. The Balaban J connectivity index is 2.41. The van der Waals surface area contributed by atoms with Gasteiger partial charge in [0.05, 0.1) is 18.0 Å². The summed E-state index contributed by atoms with van der Waals surface area (Å²) in [6.45, 7) is 1.22. The highest BCUT2D eigenvalue weighted by atomic mass is 16.5. The number of hydrogen-bond donors (Lipinski definition) is 1. The van der Waals surface area contributed by atoms with E-state index in [1.165, 1.54) is 0 Å². The zero-order valence-corrected chi connectivity index (χ0v) is 5.50. The summed E-state index contributed by atoms with van der Waals surface area (Å²) >= 11 is 0. The Morgan fingerprint density at radius 2 is 2.60 bits per heavy atom. The fourth-order valence-electron chi connectivity index (χ4n) is 0.990. The van der Waals surface area contributed by atoms with Gasteiger partial charge in [0.15, 0.2) is 0 Å². The van der Waals surface area contributed by atoms with Crippen LogP contribution in [0.3, 0.4) is 0 Å². The summed E-state index contributed by atoms with van der Waals surface area (Å²) in [4.78, 5) is 4.13. The van der Waals surface area contributed by atoms with Crippen molar-refractivity contribution in [3.8, 4) is 0 Å². The van der Waals surface area contributed by atoms with Crippen molar-refractivity contribution < 1.29 is 4.74 Å². The summed E-state index contributed by atoms with van der Waals surface area (Å²) in [5.41, 5.74) is 2.09. The Kier molecular flexibility index (Phi) is 1.29. The van der Waals surface area contributed by atoms with Crippen LogP contribution in [0.4, 0.5) is 5.69 Å². The second kappa shape index (κ2) is 2.27. The van der Waals surface area contributed by atoms with Crippen LogP contribution in [0.5, 0.6) is 0 Å². The van der Waals surface area contributed by atoms with Crippen molar-refractivity contribution >= 4 is 5.69 Å². The number of ether oxygens (including phenoxy) is 1. The zero-order valence-electron chi connectivity index (χ0n) is 5.50. The van der Waals surface area contributed by atoms with Gasteiger partial charge in [0.2, 0.25) is 0 Å². The van der Waals surface area contributed by atoms with Crippen LogP contribution in [0.25, 0.3) is 0 Å². The van der Waals surface area contributed by atoms with Gasteiger partial charge in [-0.05, 0) is 12.1 Å². The van der Waals surface area contributed by atoms with Gasteiger partial charge in [0, 0.05) is 6.20 Å². The number of anilines is 1. The number of fused-ring (bicyclic) bond motifs is 1. The Morgan fingerprint density at radius 3 is 3.50 bits per heavy atom. The summed E-state index contributed by atoms with van der Waals surface area (Å²) in [6, 6.07) is 3.92. The van der Waals surface area contributed by atoms with E-state index in [0.29, 0.717) is 13.3 Å². The molecule has 1 aromatic heterocycles. The second-order valence-corrected chi connectivity index (χ2v) is 2.17. The van der Waals surface area contributed by atoms with Crippen LogP contribution in [-0.4, -0.2) is 11.7 Å². The smallest absolute Gasteiger partial charge is 0.117 e. The molecule has 0 saturated carbocycles. The molecule has 1 aliphatic rings. The lowest BCUT2D eigenvalue weighted by atomic mass is 10.3. The van der Waals surface area contributed by atoms with Gasteiger partial charge in [-0.3, -0.25) is 4.98 Å². The largest absolute Gasteiger partial charge is 0.361 e. The zero-order chi connectivity index (χ0) is 6.81. The number of rotatable bonds is 0. The molecule has 3 nitrogen and oxygen atoms in total. The third-order valence-electron chi connectivity index (χ3n) is 1.49. The first-order valence-electron chi connectivity index (χ1n) is 3.22. The Hall–Kier alpha value is -1.09. The highest BCUT2D eigenvalue weighted by Crippen LogP contribution is 2.15. The van der Waals surface area contributed by atoms with Crippen molar-refractivity contribution in [1.82, 2.24) is 4.98 Å². The number of aromatic nitrogens is 1. The molecule has 0 saturated heterocycles. The van der Waals surface area contributed by atoms with E-state index in [1.807, 2.05) is 12.1 Å². The standard InChI is InChI=1S/C7H8N2O/c1-2-6-7(8-3-1)4-10-5-9-6/h1-3,9H,4-5H2. The second-order valence-electron chi connectivity index (χ2n) is 2.17. The molecule has 0 radical (unpaired) electrons. The van der Waals surface area contributed by atoms with Crippen molar-refractivity contribution in [3.05, 3.63) is 24.0 Å². The van der Waals surface area contributed by atoms with Gasteiger partial charge in [-0.15, -0.1) is 0 Å². The maximum absolute atomic E-state index is 5.12. The van der Waals surface area contributed by atoms with Crippen LogP contribution in [0.1, 0.15) is 5.69 Å². The number of pyridine rings is 1. The molecule has 10 heavy (non-hydrogen) atoms. The molecule has 3 heteroatoms. The quantitative estimate of drug-likeness (QED) is 0.577. The minimum absolute atomic E-state index is 0.596. The molecule has 0 aromatic carbocycles. The van der Waals surface area contributed by atoms with E-state index in [4.69, 9.17) is 4.74 Å². The maximum atomic E-state index is 5.12. The monoisotopic (exact) mass is 136 g/mol. The van der Waals surface area contributed by atoms with Gasteiger partial charge in [0.1, 0.15) is 6.73 Å². The molecule has 0 amide bonds. The van der Waals surface area contributed by atoms with Crippen LogP contribution in [0, 0.1) is 0 Å². The molecule has 52 valence electrons. The molecule has 0 fully saturated rings. The normalized spacial score (nSPS) is 15.6. The summed E-state index contributed by atoms with van der Waals surface area (Å²) in [5.74, 6) is 0. The number of nitrogens with one attached hydrogen (secondary N) is 1. The van der Waals surface area contributed by atoms with Crippen LogP contribution >= 0.6 is 0 Å². The summed E-state index contributed by atoms with van der Waals surface area (Å²) in [5, 5.41) is 3.08. The molecular weight excluding hydrogens is 128 g/mol. The van der Waals surface area contributed by atoms with E-state index in [0.717, 1.165) is 11.4 Å². The van der Waals surface area contributed by atoms with E-state index in [2.05, 4.69) is 10.3 Å². The predicted molar refractivity (Wildman–Crippen MR) is 37.5 cm³/mol. The van der Waals surface area contributed by atoms with Crippen molar-refractivity contribution in [2.45, 2.75) is 6.61 Å². The average molecular weight is 136 g/mol. The third kappa shape index (κ3) is 0.844. The van der Waals surface area contributed by atoms with E-state index in [-0.39, 0.29) is 0 Å². The molecule has 0 atom stereocenters. The minimum atomic E-state index is 0.596. The van der Waals surface area contributed by atoms with Gasteiger partial charge in [-0.25, -0.2) is 0 Å². The molecule has 2 rings (SSSR count). The van der Waals surface area contributed by atoms with E-state index in [9.17, 15) is 0 Å². The molecular formula is C7H8N2O. The van der Waals surface area contributed by atoms with Crippen molar-refractivity contribution in [2.75, 3.05) is 12.0 Å². The van der Waals surface area contributed by atoms with Gasteiger partial charge in [-0.1, -0.05) is 0 Å². The van der Waals surface area contributed by atoms with E-state index < -0.39 is 0 Å². The first-order chi connectivity index (χ1) is 4.97. The molecule has 1 N–H and O–H groups in total.